The van der Waals surface area contributed by atoms with Gasteiger partial charge in [-0.1, -0.05) is 12.0 Å². The van der Waals surface area contributed by atoms with Crippen molar-refractivity contribution in [2.45, 2.75) is 6.92 Å². The Labute approximate surface area is 67.4 Å². The highest BCUT2D eigenvalue weighted by Gasteiger charge is 1.94. The maximum atomic E-state index is 5.25. The van der Waals surface area contributed by atoms with E-state index >= 15 is 0 Å². The molecule has 1 aromatic rings. The molecule has 0 aromatic heterocycles. The SMILES string of the molecule is C#Cc1ccc(C)c(NC)c1. The second-order valence-electron chi connectivity index (χ2n) is 2.42. The lowest BCUT2D eigenvalue weighted by Crippen LogP contribution is -1.91. The van der Waals surface area contributed by atoms with Crippen molar-refractivity contribution in [3.8, 4) is 12.3 Å². The van der Waals surface area contributed by atoms with Gasteiger partial charge in [-0.15, -0.1) is 6.42 Å². The topological polar surface area (TPSA) is 12.0 Å². The molecule has 0 aliphatic rings. The highest BCUT2D eigenvalue weighted by molar-refractivity contribution is 5.55. The molecule has 1 heteroatoms. The average molecular weight is 145 g/mol. The molecule has 0 amide bonds. The molecule has 0 radical (unpaired) electrons. The van der Waals surface area contributed by atoms with Gasteiger partial charge in [-0.05, 0) is 24.6 Å². The number of anilines is 1. The summed E-state index contributed by atoms with van der Waals surface area (Å²) in [5.74, 6) is 2.59. The summed E-state index contributed by atoms with van der Waals surface area (Å²) in [6.45, 7) is 2.05. The summed E-state index contributed by atoms with van der Waals surface area (Å²) in [4.78, 5) is 0. The summed E-state index contributed by atoms with van der Waals surface area (Å²) in [5.41, 5.74) is 3.23. The second-order valence-corrected chi connectivity index (χ2v) is 2.42. The van der Waals surface area contributed by atoms with Crippen LogP contribution >= 0.6 is 0 Å². The van der Waals surface area contributed by atoms with Crippen molar-refractivity contribution in [2.24, 2.45) is 0 Å². The Morgan fingerprint density at radius 1 is 1.45 bits per heavy atom. The Morgan fingerprint density at radius 3 is 2.73 bits per heavy atom. The van der Waals surface area contributed by atoms with Crippen molar-refractivity contribution in [1.82, 2.24) is 0 Å². The lowest BCUT2D eigenvalue weighted by Gasteiger charge is -2.04. The van der Waals surface area contributed by atoms with Crippen LogP contribution in [0.25, 0.3) is 0 Å². The standard InChI is InChI=1S/C10H11N/c1-4-9-6-5-8(2)10(7-9)11-3/h1,5-7,11H,2-3H3. The van der Waals surface area contributed by atoms with Gasteiger partial charge < -0.3 is 5.32 Å². The van der Waals surface area contributed by atoms with Crippen molar-refractivity contribution < 1.29 is 0 Å². The van der Waals surface area contributed by atoms with Crippen LogP contribution in [0.4, 0.5) is 5.69 Å². The second kappa shape index (κ2) is 3.12. The maximum Gasteiger partial charge on any atom is 0.0379 e. The van der Waals surface area contributed by atoms with Crippen molar-refractivity contribution in [2.75, 3.05) is 12.4 Å². The third kappa shape index (κ3) is 1.53. The summed E-state index contributed by atoms with van der Waals surface area (Å²) < 4.78 is 0. The number of rotatable bonds is 1. The molecule has 56 valence electrons. The molecule has 0 aliphatic heterocycles. The minimum Gasteiger partial charge on any atom is -0.388 e. The van der Waals surface area contributed by atoms with Crippen LogP contribution in [0.1, 0.15) is 11.1 Å². The van der Waals surface area contributed by atoms with Crippen molar-refractivity contribution in [3.05, 3.63) is 29.3 Å². The van der Waals surface area contributed by atoms with Crippen LogP contribution in [-0.2, 0) is 0 Å². The van der Waals surface area contributed by atoms with E-state index in [0.29, 0.717) is 0 Å². The van der Waals surface area contributed by atoms with Gasteiger partial charge in [0.1, 0.15) is 0 Å². The molecule has 0 aliphatic carbocycles. The number of hydrogen-bond acceptors (Lipinski definition) is 1. The van der Waals surface area contributed by atoms with E-state index in [0.717, 1.165) is 11.3 Å². The van der Waals surface area contributed by atoms with E-state index < -0.39 is 0 Å². The largest absolute Gasteiger partial charge is 0.388 e. The highest BCUT2D eigenvalue weighted by atomic mass is 14.8. The predicted octanol–water partition coefficient (Wildman–Crippen LogP) is 2.02. The van der Waals surface area contributed by atoms with Crippen LogP contribution in [0.5, 0.6) is 0 Å². The summed E-state index contributed by atoms with van der Waals surface area (Å²) in [6.07, 6.45) is 5.25. The predicted molar refractivity (Wildman–Crippen MR) is 48.7 cm³/mol. The summed E-state index contributed by atoms with van der Waals surface area (Å²) in [6, 6.07) is 5.92. The fraction of sp³-hybridized carbons (Fsp3) is 0.200. The summed E-state index contributed by atoms with van der Waals surface area (Å²) in [5, 5.41) is 3.07. The monoisotopic (exact) mass is 145 g/mol. The van der Waals surface area contributed by atoms with Gasteiger partial charge in [0.15, 0.2) is 0 Å². The molecular weight excluding hydrogens is 134 g/mol. The van der Waals surface area contributed by atoms with Gasteiger partial charge in [0, 0.05) is 18.3 Å². The molecule has 0 bridgehead atoms. The van der Waals surface area contributed by atoms with Gasteiger partial charge in [-0.25, -0.2) is 0 Å². The fourth-order valence-corrected chi connectivity index (χ4v) is 0.981. The Balaban J connectivity index is 3.15. The summed E-state index contributed by atoms with van der Waals surface area (Å²) >= 11 is 0. The van der Waals surface area contributed by atoms with E-state index in [9.17, 15) is 0 Å². The van der Waals surface area contributed by atoms with Gasteiger partial charge in [0.05, 0.1) is 0 Å². The number of hydrogen-bond donors (Lipinski definition) is 1. The van der Waals surface area contributed by atoms with Crippen molar-refractivity contribution in [1.29, 1.82) is 0 Å². The van der Waals surface area contributed by atoms with Gasteiger partial charge in [-0.3, -0.25) is 0 Å². The lowest BCUT2D eigenvalue weighted by atomic mass is 10.1. The van der Waals surface area contributed by atoms with Gasteiger partial charge >= 0.3 is 0 Å². The maximum absolute atomic E-state index is 5.25. The Hall–Kier alpha value is -1.42. The first-order valence-corrected chi connectivity index (χ1v) is 3.53. The molecule has 0 spiro atoms. The van der Waals surface area contributed by atoms with Crippen LogP contribution in [0.3, 0.4) is 0 Å². The first kappa shape index (κ1) is 7.68. The van der Waals surface area contributed by atoms with E-state index in [1.165, 1.54) is 5.56 Å². The Bertz CT molecular complexity index is 294. The van der Waals surface area contributed by atoms with Gasteiger partial charge in [0.25, 0.3) is 0 Å². The molecule has 0 atom stereocenters. The van der Waals surface area contributed by atoms with Crippen LogP contribution in [0, 0.1) is 19.3 Å². The number of benzene rings is 1. The molecule has 0 fully saturated rings. The number of aryl methyl sites for hydroxylation is 1. The summed E-state index contributed by atoms with van der Waals surface area (Å²) in [7, 11) is 1.89. The van der Waals surface area contributed by atoms with Gasteiger partial charge in [0.2, 0.25) is 0 Å². The van der Waals surface area contributed by atoms with Crippen LogP contribution < -0.4 is 5.32 Å². The Morgan fingerprint density at radius 2 is 2.18 bits per heavy atom. The molecule has 1 aromatic carbocycles. The zero-order valence-corrected chi connectivity index (χ0v) is 6.81. The Kier molecular flexibility index (Phi) is 2.18. The van der Waals surface area contributed by atoms with Crippen molar-refractivity contribution in [3.63, 3.8) is 0 Å². The van der Waals surface area contributed by atoms with E-state index in [1.807, 2.05) is 32.2 Å². The fourth-order valence-electron chi connectivity index (χ4n) is 0.981. The lowest BCUT2D eigenvalue weighted by molar-refractivity contribution is 1.40. The first-order valence-electron chi connectivity index (χ1n) is 3.53. The van der Waals surface area contributed by atoms with E-state index in [-0.39, 0.29) is 0 Å². The third-order valence-corrected chi connectivity index (χ3v) is 1.67. The van der Waals surface area contributed by atoms with Crippen LogP contribution in [0.2, 0.25) is 0 Å². The quantitative estimate of drug-likeness (QED) is 0.596. The van der Waals surface area contributed by atoms with E-state index in [4.69, 9.17) is 6.42 Å². The number of nitrogens with one attached hydrogen (secondary N) is 1. The molecule has 1 N–H and O–H groups in total. The average Bonchev–Trinajstić information content (AvgIpc) is 2.05. The molecule has 1 rings (SSSR count). The minimum atomic E-state index is 0.917. The van der Waals surface area contributed by atoms with Gasteiger partial charge in [-0.2, -0.15) is 0 Å². The van der Waals surface area contributed by atoms with E-state index in [1.54, 1.807) is 0 Å². The zero-order valence-electron chi connectivity index (χ0n) is 6.81. The van der Waals surface area contributed by atoms with E-state index in [2.05, 4.69) is 11.2 Å². The molecule has 1 nitrogen and oxygen atoms in total. The third-order valence-electron chi connectivity index (χ3n) is 1.67. The highest BCUT2D eigenvalue weighted by Crippen LogP contribution is 2.14. The normalized spacial score (nSPS) is 8.82. The van der Waals surface area contributed by atoms with Crippen LogP contribution in [0.15, 0.2) is 18.2 Å². The number of terminal acetylenes is 1. The van der Waals surface area contributed by atoms with Crippen molar-refractivity contribution >= 4 is 5.69 Å². The molecule has 11 heavy (non-hydrogen) atoms. The molecular formula is C10H11N. The molecule has 0 saturated heterocycles. The molecule has 0 saturated carbocycles. The minimum absolute atomic E-state index is 0.917. The molecule has 0 unspecified atom stereocenters. The smallest absolute Gasteiger partial charge is 0.0379 e. The first-order chi connectivity index (χ1) is 5.27. The van der Waals surface area contributed by atoms with Crippen LogP contribution in [-0.4, -0.2) is 7.05 Å². The zero-order chi connectivity index (χ0) is 8.27. The molecule has 0 heterocycles.